The minimum absolute atomic E-state index is 0.0289. The summed E-state index contributed by atoms with van der Waals surface area (Å²) in [6.07, 6.45) is 0.856. The lowest BCUT2D eigenvalue weighted by molar-refractivity contribution is 0.103. The molecule has 108 valence electrons. The number of ketones is 1. The summed E-state index contributed by atoms with van der Waals surface area (Å²) < 4.78 is 11.3. The average molecular weight is 282 g/mol. The molecule has 0 aromatic heterocycles. The van der Waals surface area contributed by atoms with E-state index in [2.05, 4.69) is 0 Å². The molecule has 1 heterocycles. The Hall–Kier alpha value is -2.29. The molecule has 1 aliphatic rings. The highest BCUT2D eigenvalue weighted by Crippen LogP contribution is 2.31. The first-order valence-corrected chi connectivity index (χ1v) is 7.17. The summed E-state index contributed by atoms with van der Waals surface area (Å²) in [5.41, 5.74) is 3.39. The van der Waals surface area contributed by atoms with E-state index in [1.165, 1.54) is 0 Å². The molecule has 1 aliphatic heterocycles. The van der Waals surface area contributed by atoms with E-state index >= 15 is 0 Å². The van der Waals surface area contributed by atoms with Crippen molar-refractivity contribution in [3.63, 3.8) is 0 Å². The number of benzene rings is 2. The van der Waals surface area contributed by atoms with Crippen molar-refractivity contribution in [3.05, 3.63) is 58.7 Å². The van der Waals surface area contributed by atoms with Crippen LogP contribution in [0.1, 0.15) is 33.5 Å². The molecule has 2 aromatic rings. The Morgan fingerprint density at radius 2 is 1.62 bits per heavy atom. The number of fused-ring (bicyclic) bond motifs is 1. The molecule has 0 unspecified atom stereocenters. The molecule has 0 aliphatic carbocycles. The molecular formula is C18H18O3. The minimum atomic E-state index is 0.0289. The molecular weight excluding hydrogens is 264 g/mol. The van der Waals surface area contributed by atoms with Crippen LogP contribution in [0.5, 0.6) is 11.5 Å². The van der Waals surface area contributed by atoms with Gasteiger partial charge in [-0.25, -0.2) is 0 Å². The smallest absolute Gasteiger partial charge is 0.193 e. The average Bonchev–Trinajstić information content (AvgIpc) is 2.71. The van der Waals surface area contributed by atoms with Crippen LogP contribution >= 0.6 is 0 Å². The molecule has 0 spiro atoms. The monoisotopic (exact) mass is 282 g/mol. The molecule has 3 heteroatoms. The summed E-state index contributed by atoms with van der Waals surface area (Å²) in [5.74, 6) is 1.40. The van der Waals surface area contributed by atoms with Crippen molar-refractivity contribution < 1.29 is 14.3 Å². The molecule has 21 heavy (non-hydrogen) atoms. The summed E-state index contributed by atoms with van der Waals surface area (Å²) in [6, 6.07) is 11.3. The number of aryl methyl sites for hydroxylation is 2. The van der Waals surface area contributed by atoms with E-state index in [4.69, 9.17) is 9.47 Å². The van der Waals surface area contributed by atoms with Crippen LogP contribution in [0.3, 0.4) is 0 Å². The van der Waals surface area contributed by atoms with E-state index in [1.54, 1.807) is 6.07 Å². The summed E-state index contributed by atoms with van der Waals surface area (Å²) in [6.45, 7) is 5.19. The van der Waals surface area contributed by atoms with Crippen LogP contribution in [0, 0.1) is 13.8 Å². The number of carbonyl (C=O) groups excluding carboxylic acids is 1. The van der Waals surface area contributed by atoms with Gasteiger partial charge in [0.15, 0.2) is 17.3 Å². The molecule has 3 rings (SSSR count). The fraction of sp³-hybridized carbons (Fsp3) is 0.278. The number of carbonyl (C=O) groups is 1. The third-order valence-corrected chi connectivity index (χ3v) is 3.72. The molecule has 0 atom stereocenters. The number of ether oxygens (including phenoxy) is 2. The van der Waals surface area contributed by atoms with Gasteiger partial charge in [0.25, 0.3) is 0 Å². The van der Waals surface area contributed by atoms with Crippen LogP contribution in [-0.2, 0) is 0 Å². The van der Waals surface area contributed by atoms with Crippen LogP contribution in [0.25, 0.3) is 0 Å². The van der Waals surface area contributed by atoms with Crippen molar-refractivity contribution in [1.82, 2.24) is 0 Å². The lowest BCUT2D eigenvalue weighted by Crippen LogP contribution is -2.06. The first-order chi connectivity index (χ1) is 10.2. The molecule has 0 N–H and O–H groups in total. The molecule has 2 aromatic carbocycles. The van der Waals surface area contributed by atoms with Gasteiger partial charge in [0, 0.05) is 17.5 Å². The molecule has 3 nitrogen and oxygen atoms in total. The lowest BCUT2D eigenvalue weighted by Gasteiger charge is -2.11. The van der Waals surface area contributed by atoms with Crippen molar-refractivity contribution in [2.75, 3.05) is 13.2 Å². The maximum Gasteiger partial charge on any atom is 0.193 e. The van der Waals surface area contributed by atoms with E-state index in [9.17, 15) is 4.79 Å². The quantitative estimate of drug-likeness (QED) is 0.788. The topological polar surface area (TPSA) is 35.5 Å². The summed E-state index contributed by atoms with van der Waals surface area (Å²) in [7, 11) is 0. The number of hydrogen-bond donors (Lipinski definition) is 0. The maximum absolute atomic E-state index is 12.8. The Bertz CT molecular complexity index is 669. The number of rotatable bonds is 2. The zero-order valence-corrected chi connectivity index (χ0v) is 12.3. The van der Waals surface area contributed by atoms with Gasteiger partial charge in [-0.05, 0) is 43.2 Å². The minimum Gasteiger partial charge on any atom is -0.490 e. The van der Waals surface area contributed by atoms with Crippen LogP contribution in [0.2, 0.25) is 0 Å². The van der Waals surface area contributed by atoms with Crippen molar-refractivity contribution in [2.24, 2.45) is 0 Å². The highest BCUT2D eigenvalue weighted by atomic mass is 16.5. The Balaban J connectivity index is 2.01. The molecule has 0 bridgehead atoms. The van der Waals surface area contributed by atoms with E-state index in [1.807, 2.05) is 44.2 Å². The Morgan fingerprint density at radius 3 is 2.33 bits per heavy atom. The first kappa shape index (κ1) is 13.7. The predicted molar refractivity (Wildman–Crippen MR) is 81.4 cm³/mol. The fourth-order valence-corrected chi connectivity index (χ4v) is 2.62. The normalized spacial score (nSPS) is 13.6. The second-order valence-corrected chi connectivity index (χ2v) is 5.31. The zero-order chi connectivity index (χ0) is 14.8. The molecule has 0 fully saturated rings. The SMILES string of the molecule is Cc1cccc(C)c1C(=O)c1ccc2c(c1)OCCCO2. The predicted octanol–water partition coefficient (Wildman–Crippen LogP) is 3.70. The third kappa shape index (κ3) is 2.64. The molecule has 0 amide bonds. The second kappa shape index (κ2) is 5.60. The van der Waals surface area contributed by atoms with E-state index in [0.717, 1.165) is 23.1 Å². The summed E-state index contributed by atoms with van der Waals surface area (Å²) >= 11 is 0. The Kier molecular flexibility index (Phi) is 3.65. The van der Waals surface area contributed by atoms with Gasteiger partial charge in [0.05, 0.1) is 13.2 Å². The summed E-state index contributed by atoms with van der Waals surface area (Å²) in [4.78, 5) is 12.8. The van der Waals surface area contributed by atoms with Crippen molar-refractivity contribution in [3.8, 4) is 11.5 Å². The highest BCUT2D eigenvalue weighted by Gasteiger charge is 2.17. The van der Waals surface area contributed by atoms with Crippen LogP contribution in [0.4, 0.5) is 0 Å². The van der Waals surface area contributed by atoms with Gasteiger partial charge in [0.2, 0.25) is 0 Å². The van der Waals surface area contributed by atoms with E-state index in [0.29, 0.717) is 30.3 Å². The fourth-order valence-electron chi connectivity index (χ4n) is 2.62. The van der Waals surface area contributed by atoms with Crippen LogP contribution in [0.15, 0.2) is 36.4 Å². The van der Waals surface area contributed by atoms with Crippen molar-refractivity contribution in [2.45, 2.75) is 20.3 Å². The summed E-state index contributed by atoms with van der Waals surface area (Å²) in [5, 5.41) is 0. The molecule has 0 saturated heterocycles. The Morgan fingerprint density at radius 1 is 0.952 bits per heavy atom. The molecule has 0 radical (unpaired) electrons. The van der Waals surface area contributed by atoms with Gasteiger partial charge < -0.3 is 9.47 Å². The van der Waals surface area contributed by atoms with E-state index in [-0.39, 0.29) is 5.78 Å². The third-order valence-electron chi connectivity index (χ3n) is 3.72. The van der Waals surface area contributed by atoms with Gasteiger partial charge in [-0.2, -0.15) is 0 Å². The second-order valence-electron chi connectivity index (χ2n) is 5.31. The highest BCUT2D eigenvalue weighted by molar-refractivity contribution is 6.11. The van der Waals surface area contributed by atoms with Gasteiger partial charge >= 0.3 is 0 Å². The van der Waals surface area contributed by atoms with Gasteiger partial charge in [-0.1, -0.05) is 18.2 Å². The van der Waals surface area contributed by atoms with Crippen LogP contribution < -0.4 is 9.47 Å². The standard InChI is InChI=1S/C18H18O3/c1-12-5-3-6-13(2)17(12)18(19)14-7-8-15-16(11-14)21-10-4-9-20-15/h3,5-8,11H,4,9-10H2,1-2H3. The largest absolute Gasteiger partial charge is 0.490 e. The van der Waals surface area contributed by atoms with Crippen molar-refractivity contribution >= 4 is 5.78 Å². The van der Waals surface area contributed by atoms with E-state index < -0.39 is 0 Å². The van der Waals surface area contributed by atoms with Gasteiger partial charge in [-0.15, -0.1) is 0 Å². The van der Waals surface area contributed by atoms with Crippen molar-refractivity contribution in [1.29, 1.82) is 0 Å². The van der Waals surface area contributed by atoms with Gasteiger partial charge in [0.1, 0.15) is 0 Å². The van der Waals surface area contributed by atoms with Gasteiger partial charge in [-0.3, -0.25) is 4.79 Å². The first-order valence-electron chi connectivity index (χ1n) is 7.17. The lowest BCUT2D eigenvalue weighted by atomic mass is 9.95. The maximum atomic E-state index is 12.8. The molecule has 0 saturated carbocycles. The Labute approximate surface area is 124 Å². The zero-order valence-electron chi connectivity index (χ0n) is 12.3. The number of hydrogen-bond acceptors (Lipinski definition) is 3. The van der Waals surface area contributed by atoms with Crippen LogP contribution in [-0.4, -0.2) is 19.0 Å².